The van der Waals surface area contributed by atoms with Gasteiger partial charge in [0.05, 0.1) is 5.70 Å². The van der Waals surface area contributed by atoms with Crippen molar-refractivity contribution in [2.24, 2.45) is 0 Å². The van der Waals surface area contributed by atoms with Crippen LogP contribution in [0.15, 0.2) is 93.6 Å². The summed E-state index contributed by atoms with van der Waals surface area (Å²) in [6.07, 6.45) is 1.36. The van der Waals surface area contributed by atoms with Gasteiger partial charge in [0.2, 0.25) is 5.95 Å². The number of benzene rings is 3. The van der Waals surface area contributed by atoms with Gasteiger partial charge in [-0.15, -0.1) is 0 Å². The van der Waals surface area contributed by atoms with E-state index in [-0.39, 0.29) is 12.1 Å². The number of halogens is 2. The van der Waals surface area contributed by atoms with Crippen molar-refractivity contribution in [1.82, 2.24) is 14.8 Å². The highest BCUT2D eigenvalue weighted by Gasteiger charge is 2.42. The molecule has 6 rings (SSSR count). The molecule has 0 aliphatic carbocycles. The van der Waals surface area contributed by atoms with E-state index in [1.54, 1.807) is 6.33 Å². The van der Waals surface area contributed by atoms with E-state index < -0.39 is 0 Å². The minimum Gasteiger partial charge on any atom is -0.480 e. The van der Waals surface area contributed by atoms with Crippen LogP contribution in [0.4, 0.5) is 5.95 Å². The Kier molecular flexibility index (Phi) is 4.69. The van der Waals surface area contributed by atoms with Gasteiger partial charge in [0.15, 0.2) is 0 Å². The molecule has 0 saturated heterocycles. The highest BCUT2D eigenvalue weighted by molar-refractivity contribution is 9.10. The standard InChI is InChI=1S/C25H18Br2N4O/c1-30-23-19-4-2-3-5-20(19)32-24(16-8-12-18(27)13-9-16)21(23)22(31-25(30)28-14-29-31)15-6-10-17(26)11-7-15/h2-14,22,24H,1H3/t22-,24+/m0/s1. The van der Waals surface area contributed by atoms with Crippen LogP contribution in [0.5, 0.6) is 5.75 Å². The van der Waals surface area contributed by atoms with Crippen LogP contribution < -0.4 is 9.64 Å². The first kappa shape index (κ1) is 19.8. The minimum absolute atomic E-state index is 0.145. The van der Waals surface area contributed by atoms with Crippen LogP contribution in [0.25, 0.3) is 5.70 Å². The fourth-order valence-electron chi connectivity index (χ4n) is 4.63. The molecule has 0 bridgehead atoms. The Balaban J connectivity index is 1.65. The van der Waals surface area contributed by atoms with Gasteiger partial charge in [-0.25, -0.2) is 4.68 Å². The molecule has 2 aliphatic heterocycles. The number of para-hydroxylation sites is 1. The molecule has 7 heteroatoms. The zero-order valence-corrected chi connectivity index (χ0v) is 20.3. The monoisotopic (exact) mass is 548 g/mol. The van der Waals surface area contributed by atoms with Crippen LogP contribution >= 0.6 is 31.9 Å². The first-order chi connectivity index (χ1) is 15.6. The summed E-state index contributed by atoms with van der Waals surface area (Å²) >= 11 is 7.12. The van der Waals surface area contributed by atoms with E-state index in [1.165, 1.54) is 0 Å². The maximum Gasteiger partial charge on any atom is 0.229 e. The lowest BCUT2D eigenvalue weighted by atomic mass is 9.84. The van der Waals surface area contributed by atoms with Crippen molar-refractivity contribution in [1.29, 1.82) is 0 Å². The Morgan fingerprint density at radius 2 is 1.50 bits per heavy atom. The predicted octanol–water partition coefficient (Wildman–Crippen LogP) is 6.39. The number of hydrogen-bond donors (Lipinski definition) is 0. The van der Waals surface area contributed by atoms with Crippen LogP contribution in [0.3, 0.4) is 0 Å². The molecule has 158 valence electrons. The zero-order valence-electron chi connectivity index (χ0n) is 17.1. The molecular weight excluding hydrogens is 532 g/mol. The van der Waals surface area contributed by atoms with E-state index in [0.29, 0.717) is 0 Å². The van der Waals surface area contributed by atoms with E-state index in [1.807, 2.05) is 23.9 Å². The maximum absolute atomic E-state index is 6.67. The van der Waals surface area contributed by atoms with Crippen LogP contribution in [0.1, 0.15) is 28.8 Å². The summed E-state index contributed by atoms with van der Waals surface area (Å²) in [6, 6.07) is 24.8. The van der Waals surface area contributed by atoms with E-state index >= 15 is 0 Å². The van der Waals surface area contributed by atoms with E-state index in [4.69, 9.17) is 4.74 Å². The maximum atomic E-state index is 6.67. The molecule has 0 fully saturated rings. The first-order valence-electron chi connectivity index (χ1n) is 10.3. The van der Waals surface area contributed by atoms with Crippen LogP contribution in [-0.2, 0) is 0 Å². The number of ether oxygens (including phenoxy) is 1. The molecular formula is C25H18Br2N4O. The Morgan fingerprint density at radius 1 is 0.844 bits per heavy atom. The number of fused-ring (bicyclic) bond motifs is 3. The molecule has 0 spiro atoms. The molecule has 1 aromatic heterocycles. The van der Waals surface area contributed by atoms with Crippen LogP contribution in [-0.4, -0.2) is 21.8 Å². The van der Waals surface area contributed by atoms with E-state index in [0.717, 1.165) is 48.6 Å². The minimum atomic E-state index is -0.263. The normalized spacial score (nSPS) is 19.2. The number of rotatable bonds is 2. The number of hydrogen-bond acceptors (Lipinski definition) is 4. The van der Waals surface area contributed by atoms with Crippen molar-refractivity contribution in [2.75, 3.05) is 11.9 Å². The summed E-state index contributed by atoms with van der Waals surface area (Å²) in [4.78, 5) is 6.72. The fraction of sp³-hybridized carbons (Fsp3) is 0.120. The van der Waals surface area contributed by atoms with Gasteiger partial charge in [-0.3, -0.25) is 0 Å². The molecule has 0 radical (unpaired) electrons. The third-order valence-corrected chi connectivity index (χ3v) is 7.09. The topological polar surface area (TPSA) is 43.2 Å². The molecule has 3 heterocycles. The molecule has 0 N–H and O–H groups in total. The molecule has 0 amide bonds. The SMILES string of the molecule is CN1C2=C([C@H](c3ccc(Br)cc3)n3ncnc31)[C@@H](c1ccc(Br)cc1)Oc1ccccc12. The van der Waals surface area contributed by atoms with Gasteiger partial charge in [-0.1, -0.05) is 68.3 Å². The van der Waals surface area contributed by atoms with Crippen LogP contribution in [0.2, 0.25) is 0 Å². The van der Waals surface area contributed by atoms with Crippen molar-refractivity contribution < 1.29 is 4.74 Å². The summed E-state index contributed by atoms with van der Waals surface area (Å²) in [7, 11) is 2.05. The van der Waals surface area contributed by atoms with Crippen molar-refractivity contribution >= 4 is 43.5 Å². The second-order valence-electron chi connectivity index (χ2n) is 7.87. The number of nitrogens with zero attached hydrogens (tertiary/aromatic N) is 4. The highest BCUT2D eigenvalue weighted by atomic mass is 79.9. The lowest BCUT2D eigenvalue weighted by Gasteiger charge is -2.42. The molecule has 4 aromatic rings. The smallest absolute Gasteiger partial charge is 0.229 e. The molecule has 0 unspecified atom stereocenters. The number of aromatic nitrogens is 3. The van der Waals surface area contributed by atoms with Gasteiger partial charge in [0.25, 0.3) is 0 Å². The van der Waals surface area contributed by atoms with E-state index in [2.05, 4.69) is 108 Å². The lowest BCUT2D eigenvalue weighted by molar-refractivity contribution is 0.222. The molecule has 5 nitrogen and oxygen atoms in total. The van der Waals surface area contributed by atoms with Crippen LogP contribution in [0, 0.1) is 0 Å². The van der Waals surface area contributed by atoms with Gasteiger partial charge in [-0.05, 0) is 47.5 Å². The Labute approximate surface area is 202 Å². The highest BCUT2D eigenvalue weighted by Crippen LogP contribution is 2.52. The third kappa shape index (κ3) is 3.03. The summed E-state index contributed by atoms with van der Waals surface area (Å²) in [5, 5.41) is 4.63. The second-order valence-corrected chi connectivity index (χ2v) is 9.70. The Hall–Kier alpha value is -2.90. The molecule has 2 aliphatic rings. The molecule has 2 atom stereocenters. The zero-order chi connectivity index (χ0) is 21.8. The average molecular weight is 550 g/mol. The van der Waals surface area contributed by atoms with E-state index in [9.17, 15) is 0 Å². The van der Waals surface area contributed by atoms with Crippen molar-refractivity contribution in [3.63, 3.8) is 0 Å². The lowest BCUT2D eigenvalue weighted by Crippen LogP contribution is -2.37. The average Bonchev–Trinajstić information content (AvgIpc) is 3.30. The molecule has 0 saturated carbocycles. The van der Waals surface area contributed by atoms with Gasteiger partial charge in [-0.2, -0.15) is 10.1 Å². The van der Waals surface area contributed by atoms with Gasteiger partial charge >= 0.3 is 0 Å². The predicted molar refractivity (Wildman–Crippen MR) is 132 cm³/mol. The molecule has 32 heavy (non-hydrogen) atoms. The Bertz CT molecular complexity index is 1350. The van der Waals surface area contributed by atoms with Gasteiger partial charge in [0.1, 0.15) is 24.2 Å². The van der Waals surface area contributed by atoms with Gasteiger partial charge in [0, 0.05) is 27.1 Å². The van der Waals surface area contributed by atoms with Crippen molar-refractivity contribution in [2.45, 2.75) is 12.1 Å². The third-order valence-electron chi connectivity index (χ3n) is 6.03. The van der Waals surface area contributed by atoms with Crippen molar-refractivity contribution in [3.8, 4) is 5.75 Å². The largest absolute Gasteiger partial charge is 0.480 e. The van der Waals surface area contributed by atoms with Crippen molar-refractivity contribution in [3.05, 3.63) is 110 Å². The summed E-state index contributed by atoms with van der Waals surface area (Å²) in [6.45, 7) is 0. The van der Waals surface area contributed by atoms with Gasteiger partial charge < -0.3 is 9.64 Å². The summed E-state index contributed by atoms with van der Waals surface area (Å²) < 4.78 is 10.7. The summed E-state index contributed by atoms with van der Waals surface area (Å²) in [5.74, 6) is 1.68. The Morgan fingerprint density at radius 3 is 2.22 bits per heavy atom. The summed E-state index contributed by atoms with van der Waals surface area (Å²) in [5.41, 5.74) is 5.55. The second kappa shape index (κ2) is 7.60. The quantitative estimate of drug-likeness (QED) is 0.291. The number of anilines is 1. The first-order valence-corrected chi connectivity index (χ1v) is 11.8. The molecule has 3 aromatic carbocycles. The fourth-order valence-corrected chi connectivity index (χ4v) is 5.16.